The number of phenolic OH excluding ortho intramolecular Hbond substituents is 2. The van der Waals surface area contributed by atoms with Crippen molar-refractivity contribution in [3.8, 4) is 22.8 Å². The van der Waals surface area contributed by atoms with Crippen LogP contribution in [-0.2, 0) is 16.0 Å². The Balaban J connectivity index is 1.76. The van der Waals surface area contributed by atoms with Crippen LogP contribution in [0.15, 0.2) is 51.7 Å². The Kier molecular flexibility index (Phi) is 5.45. The van der Waals surface area contributed by atoms with Crippen molar-refractivity contribution in [3.63, 3.8) is 0 Å². The third kappa shape index (κ3) is 4.28. The van der Waals surface area contributed by atoms with Gasteiger partial charge in [-0.3, -0.25) is 9.59 Å². The van der Waals surface area contributed by atoms with E-state index in [9.17, 15) is 19.8 Å². The highest BCUT2D eigenvalue weighted by Gasteiger charge is 2.13. The molecule has 0 bridgehead atoms. The SMILES string of the molecule is CC(=O)OCCCCc1ccc(-c2cc(=O)c3ccc(O)c(O)c3o2)cc1. The molecule has 3 aromatic rings. The zero-order valence-corrected chi connectivity index (χ0v) is 14.9. The number of carbonyl (C=O) groups excluding carboxylic acids is 1. The van der Waals surface area contributed by atoms with E-state index in [-0.39, 0.29) is 28.1 Å². The smallest absolute Gasteiger partial charge is 0.302 e. The largest absolute Gasteiger partial charge is 0.504 e. The number of ether oxygens (including phenoxy) is 1. The Morgan fingerprint density at radius 1 is 1.07 bits per heavy atom. The summed E-state index contributed by atoms with van der Waals surface area (Å²) in [4.78, 5) is 23.0. The normalized spacial score (nSPS) is 10.9. The lowest BCUT2D eigenvalue weighted by atomic mass is 10.0. The van der Waals surface area contributed by atoms with Crippen molar-refractivity contribution < 1.29 is 24.2 Å². The van der Waals surface area contributed by atoms with E-state index in [0.29, 0.717) is 17.9 Å². The van der Waals surface area contributed by atoms with Crippen LogP contribution in [-0.4, -0.2) is 22.8 Å². The van der Waals surface area contributed by atoms with Crippen LogP contribution in [0.3, 0.4) is 0 Å². The first-order valence-electron chi connectivity index (χ1n) is 8.67. The van der Waals surface area contributed by atoms with Gasteiger partial charge in [0.2, 0.25) is 5.75 Å². The van der Waals surface area contributed by atoms with Crippen LogP contribution in [0.2, 0.25) is 0 Å². The Morgan fingerprint density at radius 2 is 1.81 bits per heavy atom. The Hall–Kier alpha value is -3.28. The monoisotopic (exact) mass is 368 g/mol. The maximum absolute atomic E-state index is 12.3. The predicted octanol–water partition coefficient (Wildman–Crippen LogP) is 3.76. The number of fused-ring (bicyclic) bond motifs is 1. The maximum Gasteiger partial charge on any atom is 0.302 e. The molecule has 0 aliphatic rings. The summed E-state index contributed by atoms with van der Waals surface area (Å²) in [5.74, 6) is -0.742. The van der Waals surface area contributed by atoms with Crippen LogP contribution in [0.1, 0.15) is 25.3 Å². The lowest BCUT2D eigenvalue weighted by molar-refractivity contribution is -0.141. The molecule has 27 heavy (non-hydrogen) atoms. The third-order valence-electron chi connectivity index (χ3n) is 4.25. The summed E-state index contributed by atoms with van der Waals surface area (Å²) in [6, 6.07) is 11.6. The van der Waals surface area contributed by atoms with Gasteiger partial charge in [-0.25, -0.2) is 0 Å². The molecule has 2 N–H and O–H groups in total. The summed E-state index contributed by atoms with van der Waals surface area (Å²) in [6.45, 7) is 1.82. The van der Waals surface area contributed by atoms with Crippen LogP contribution < -0.4 is 5.43 Å². The van der Waals surface area contributed by atoms with Gasteiger partial charge in [0.05, 0.1) is 12.0 Å². The minimum Gasteiger partial charge on any atom is -0.504 e. The molecule has 6 nitrogen and oxygen atoms in total. The lowest BCUT2D eigenvalue weighted by Gasteiger charge is -2.07. The van der Waals surface area contributed by atoms with Gasteiger partial charge in [0.15, 0.2) is 16.8 Å². The molecule has 0 radical (unpaired) electrons. The van der Waals surface area contributed by atoms with Crippen LogP contribution >= 0.6 is 0 Å². The molecule has 0 saturated heterocycles. The number of benzene rings is 2. The number of carbonyl (C=O) groups is 1. The standard InChI is InChI=1S/C21H20O6/c1-13(22)26-11-3-2-4-14-5-7-15(8-6-14)19-12-18(24)16-9-10-17(23)20(25)21(16)27-19/h5-10,12,23,25H,2-4,11H2,1H3. The van der Waals surface area contributed by atoms with Crippen molar-refractivity contribution in [2.24, 2.45) is 0 Å². The van der Waals surface area contributed by atoms with Gasteiger partial charge in [0.1, 0.15) is 5.76 Å². The van der Waals surface area contributed by atoms with E-state index in [1.165, 1.54) is 25.1 Å². The molecular weight excluding hydrogens is 348 g/mol. The maximum atomic E-state index is 12.3. The van der Waals surface area contributed by atoms with Gasteiger partial charge in [-0.1, -0.05) is 24.3 Å². The Labute approximate surface area is 155 Å². The zero-order chi connectivity index (χ0) is 19.4. The van der Waals surface area contributed by atoms with Crippen molar-refractivity contribution in [3.05, 3.63) is 58.3 Å². The van der Waals surface area contributed by atoms with Crippen molar-refractivity contribution >= 4 is 16.9 Å². The molecule has 6 heteroatoms. The molecule has 0 unspecified atom stereocenters. The predicted molar refractivity (Wildman–Crippen MR) is 101 cm³/mol. The van der Waals surface area contributed by atoms with Gasteiger partial charge >= 0.3 is 5.97 Å². The molecule has 0 amide bonds. The van der Waals surface area contributed by atoms with Crippen LogP contribution in [0, 0.1) is 0 Å². The molecule has 1 aromatic heterocycles. The molecule has 2 aromatic carbocycles. The highest BCUT2D eigenvalue weighted by Crippen LogP contribution is 2.34. The molecule has 0 atom stereocenters. The first-order chi connectivity index (χ1) is 13.0. The van der Waals surface area contributed by atoms with Crippen molar-refractivity contribution in [2.45, 2.75) is 26.2 Å². The van der Waals surface area contributed by atoms with Crippen molar-refractivity contribution in [1.82, 2.24) is 0 Å². The quantitative estimate of drug-likeness (QED) is 0.391. The van der Waals surface area contributed by atoms with E-state index in [1.807, 2.05) is 24.3 Å². The summed E-state index contributed by atoms with van der Waals surface area (Å²) < 4.78 is 10.6. The summed E-state index contributed by atoms with van der Waals surface area (Å²) in [7, 11) is 0. The average Bonchev–Trinajstić information content (AvgIpc) is 2.65. The minimum absolute atomic E-state index is 0.0351. The topological polar surface area (TPSA) is 97.0 Å². The number of phenols is 2. The number of rotatable bonds is 6. The van der Waals surface area contributed by atoms with Crippen molar-refractivity contribution in [1.29, 1.82) is 0 Å². The second-order valence-electron chi connectivity index (χ2n) is 6.28. The number of unbranched alkanes of at least 4 members (excludes halogenated alkanes) is 1. The van der Waals surface area contributed by atoms with Crippen LogP contribution in [0.25, 0.3) is 22.3 Å². The van der Waals surface area contributed by atoms with E-state index < -0.39 is 5.75 Å². The highest BCUT2D eigenvalue weighted by molar-refractivity contribution is 5.86. The fraction of sp³-hybridized carbons (Fsp3) is 0.238. The van der Waals surface area contributed by atoms with E-state index in [4.69, 9.17) is 9.15 Å². The van der Waals surface area contributed by atoms with Gasteiger partial charge in [-0.15, -0.1) is 0 Å². The number of hydrogen-bond donors (Lipinski definition) is 2. The van der Waals surface area contributed by atoms with E-state index in [2.05, 4.69) is 0 Å². The van der Waals surface area contributed by atoms with E-state index >= 15 is 0 Å². The third-order valence-corrected chi connectivity index (χ3v) is 4.25. The molecule has 0 aliphatic heterocycles. The summed E-state index contributed by atoms with van der Waals surface area (Å²) in [5.41, 5.74) is 1.48. The second kappa shape index (κ2) is 7.95. The number of hydrogen-bond acceptors (Lipinski definition) is 6. The fourth-order valence-corrected chi connectivity index (χ4v) is 2.82. The van der Waals surface area contributed by atoms with Crippen LogP contribution in [0.4, 0.5) is 0 Å². The van der Waals surface area contributed by atoms with Gasteiger partial charge in [0.25, 0.3) is 0 Å². The molecule has 1 heterocycles. The van der Waals surface area contributed by atoms with Crippen molar-refractivity contribution in [2.75, 3.05) is 6.61 Å². The van der Waals surface area contributed by atoms with E-state index in [0.717, 1.165) is 24.8 Å². The molecule has 3 rings (SSSR count). The lowest BCUT2D eigenvalue weighted by Crippen LogP contribution is -2.01. The summed E-state index contributed by atoms with van der Waals surface area (Å²) in [6.07, 6.45) is 2.53. The zero-order valence-electron chi connectivity index (χ0n) is 14.9. The second-order valence-corrected chi connectivity index (χ2v) is 6.28. The van der Waals surface area contributed by atoms with E-state index in [1.54, 1.807) is 0 Å². The fourth-order valence-electron chi connectivity index (χ4n) is 2.82. The molecule has 0 fully saturated rings. The molecular formula is C21H20O6. The minimum atomic E-state index is -0.448. The Morgan fingerprint density at radius 3 is 2.52 bits per heavy atom. The molecule has 0 spiro atoms. The Bertz CT molecular complexity index is 1020. The number of aryl methyl sites for hydroxylation is 1. The summed E-state index contributed by atoms with van der Waals surface area (Å²) >= 11 is 0. The van der Waals surface area contributed by atoms with Gasteiger partial charge < -0.3 is 19.4 Å². The average molecular weight is 368 g/mol. The first-order valence-corrected chi connectivity index (χ1v) is 8.67. The van der Waals surface area contributed by atoms with Gasteiger partial charge in [0, 0.05) is 18.6 Å². The van der Waals surface area contributed by atoms with Gasteiger partial charge in [-0.05, 0) is 37.0 Å². The number of esters is 1. The molecule has 140 valence electrons. The number of aromatic hydroxyl groups is 2. The summed E-state index contributed by atoms with van der Waals surface area (Å²) in [5, 5.41) is 19.8. The molecule has 0 saturated carbocycles. The van der Waals surface area contributed by atoms with Gasteiger partial charge in [-0.2, -0.15) is 0 Å². The molecule has 0 aliphatic carbocycles. The first kappa shape index (κ1) is 18.5. The highest BCUT2D eigenvalue weighted by atomic mass is 16.5. The van der Waals surface area contributed by atoms with Crippen LogP contribution in [0.5, 0.6) is 11.5 Å².